The van der Waals surface area contributed by atoms with Crippen LogP contribution in [0.1, 0.15) is 39.6 Å². The third-order valence-corrected chi connectivity index (χ3v) is 7.89. The Bertz CT molecular complexity index is 1130. The number of amides is 1. The Morgan fingerprint density at radius 3 is 2.58 bits per heavy atom. The normalized spacial score (nSPS) is 17.9. The van der Waals surface area contributed by atoms with Crippen molar-refractivity contribution in [3.63, 3.8) is 0 Å². The summed E-state index contributed by atoms with van der Waals surface area (Å²) in [6.45, 7) is 3.22. The Labute approximate surface area is 199 Å². The van der Waals surface area contributed by atoms with Gasteiger partial charge in [-0.1, -0.05) is 30.3 Å². The summed E-state index contributed by atoms with van der Waals surface area (Å²) in [4.78, 5) is 19.0. The van der Waals surface area contributed by atoms with Crippen LogP contribution in [0, 0.1) is 0 Å². The predicted octanol–water partition coefficient (Wildman–Crippen LogP) is 4.69. The maximum atomic E-state index is 13.1. The van der Waals surface area contributed by atoms with Crippen molar-refractivity contribution < 1.29 is 14.3 Å². The van der Waals surface area contributed by atoms with Crippen LogP contribution in [-0.4, -0.2) is 49.6 Å². The smallest absolute Gasteiger partial charge is 0.224 e. The molecule has 0 N–H and O–H groups in total. The van der Waals surface area contributed by atoms with E-state index in [0.717, 1.165) is 50.5 Å². The first-order valence-corrected chi connectivity index (χ1v) is 12.4. The lowest BCUT2D eigenvalue weighted by molar-refractivity contribution is -0.132. The van der Waals surface area contributed by atoms with Crippen molar-refractivity contribution in [2.45, 2.75) is 31.8 Å². The molecule has 1 atom stereocenters. The van der Waals surface area contributed by atoms with E-state index in [1.807, 2.05) is 11.0 Å². The molecule has 1 amide bonds. The van der Waals surface area contributed by atoms with Crippen molar-refractivity contribution in [3.05, 3.63) is 81.0 Å². The summed E-state index contributed by atoms with van der Waals surface area (Å²) >= 11 is 1.81. The summed E-state index contributed by atoms with van der Waals surface area (Å²) in [7, 11) is 3.36. The number of thiophene rings is 1. The van der Waals surface area contributed by atoms with Crippen molar-refractivity contribution in [2.24, 2.45) is 0 Å². The van der Waals surface area contributed by atoms with E-state index in [4.69, 9.17) is 9.47 Å². The van der Waals surface area contributed by atoms with Gasteiger partial charge in [-0.25, -0.2) is 0 Å². The van der Waals surface area contributed by atoms with Crippen LogP contribution in [0.15, 0.2) is 53.9 Å². The van der Waals surface area contributed by atoms with Gasteiger partial charge in [0.05, 0.1) is 20.3 Å². The van der Waals surface area contributed by atoms with Crippen LogP contribution in [-0.2, 0) is 24.2 Å². The molecule has 0 saturated carbocycles. The molecule has 5 rings (SSSR count). The lowest BCUT2D eigenvalue weighted by Gasteiger charge is -2.38. The molecule has 6 heteroatoms. The highest BCUT2D eigenvalue weighted by Crippen LogP contribution is 2.41. The summed E-state index contributed by atoms with van der Waals surface area (Å²) in [5.41, 5.74) is 5.07. The summed E-state index contributed by atoms with van der Waals surface area (Å²) in [5, 5.41) is 2.14. The summed E-state index contributed by atoms with van der Waals surface area (Å²) in [5.74, 6) is 1.76. The largest absolute Gasteiger partial charge is 0.493 e. The minimum atomic E-state index is 0.0902. The molecule has 0 aliphatic carbocycles. The quantitative estimate of drug-likeness (QED) is 0.533. The van der Waals surface area contributed by atoms with Gasteiger partial charge in [0.25, 0.3) is 0 Å². The number of carbonyl (C=O) groups is 1. The van der Waals surface area contributed by atoms with Crippen molar-refractivity contribution in [1.29, 1.82) is 0 Å². The second-order valence-corrected chi connectivity index (χ2v) is 9.69. The highest BCUT2D eigenvalue weighted by Gasteiger charge is 2.31. The fraction of sp³-hybridized carbons (Fsp3) is 0.370. The van der Waals surface area contributed by atoms with Crippen LogP contribution in [0.2, 0.25) is 0 Å². The molecule has 1 unspecified atom stereocenters. The Kier molecular flexibility index (Phi) is 6.38. The van der Waals surface area contributed by atoms with Crippen molar-refractivity contribution in [1.82, 2.24) is 9.80 Å². The van der Waals surface area contributed by atoms with Crippen LogP contribution in [0.25, 0.3) is 0 Å². The van der Waals surface area contributed by atoms with Gasteiger partial charge in [0.1, 0.15) is 0 Å². The summed E-state index contributed by atoms with van der Waals surface area (Å²) in [6.07, 6.45) is 2.44. The number of rotatable bonds is 6. The Morgan fingerprint density at radius 1 is 1.00 bits per heavy atom. The monoisotopic (exact) mass is 462 g/mol. The maximum absolute atomic E-state index is 13.1. The number of ether oxygens (including phenoxy) is 2. The molecule has 2 aliphatic rings. The van der Waals surface area contributed by atoms with Crippen molar-refractivity contribution in [2.75, 3.05) is 33.9 Å². The second kappa shape index (κ2) is 9.57. The van der Waals surface area contributed by atoms with E-state index in [-0.39, 0.29) is 11.9 Å². The van der Waals surface area contributed by atoms with Gasteiger partial charge >= 0.3 is 0 Å². The number of carbonyl (C=O) groups excluding carboxylic acids is 1. The van der Waals surface area contributed by atoms with Gasteiger partial charge in [-0.2, -0.15) is 0 Å². The van der Waals surface area contributed by atoms with Crippen LogP contribution < -0.4 is 9.47 Å². The molecule has 172 valence electrons. The Morgan fingerprint density at radius 2 is 1.79 bits per heavy atom. The minimum absolute atomic E-state index is 0.0902. The van der Waals surface area contributed by atoms with Crippen LogP contribution in [0.3, 0.4) is 0 Å². The zero-order chi connectivity index (χ0) is 22.8. The minimum Gasteiger partial charge on any atom is -0.493 e. The first-order chi connectivity index (χ1) is 16.2. The maximum Gasteiger partial charge on any atom is 0.224 e. The van der Waals surface area contributed by atoms with Gasteiger partial charge in [-0.05, 0) is 58.7 Å². The van der Waals surface area contributed by atoms with Gasteiger partial charge in [-0.15, -0.1) is 11.3 Å². The predicted molar refractivity (Wildman–Crippen MR) is 131 cm³/mol. The molecule has 3 heterocycles. The third-order valence-electron chi connectivity index (χ3n) is 6.86. The summed E-state index contributed by atoms with van der Waals surface area (Å²) in [6, 6.07) is 17.0. The molecule has 2 aromatic carbocycles. The molecule has 33 heavy (non-hydrogen) atoms. The average molecular weight is 463 g/mol. The SMILES string of the molecule is COc1cc2c(cc1OC)C(c1ccccc1)N(CCC(=O)N1CCc3sccc3C1)CC2. The molecule has 0 bridgehead atoms. The summed E-state index contributed by atoms with van der Waals surface area (Å²) < 4.78 is 11.2. The van der Waals surface area contributed by atoms with Gasteiger partial charge in [0, 0.05) is 37.5 Å². The van der Waals surface area contributed by atoms with E-state index in [1.165, 1.54) is 27.1 Å². The van der Waals surface area contributed by atoms with Crippen LogP contribution in [0.5, 0.6) is 11.5 Å². The number of hydrogen-bond donors (Lipinski definition) is 0. The Balaban J connectivity index is 1.37. The van der Waals surface area contributed by atoms with E-state index in [0.29, 0.717) is 6.42 Å². The van der Waals surface area contributed by atoms with E-state index >= 15 is 0 Å². The van der Waals surface area contributed by atoms with Crippen molar-refractivity contribution >= 4 is 17.2 Å². The standard InChI is InChI=1S/C27H30N2O3S/c1-31-23-16-20-8-12-28(14-10-26(30)29-13-9-25-21(18-29)11-15-33-25)27(19-6-4-3-5-7-19)22(20)17-24(23)32-2/h3-7,11,15-17,27H,8-10,12-14,18H2,1-2H3. The van der Waals surface area contributed by atoms with E-state index in [1.54, 1.807) is 25.6 Å². The number of methoxy groups -OCH3 is 2. The molecule has 2 aliphatic heterocycles. The van der Waals surface area contributed by atoms with Crippen molar-refractivity contribution in [3.8, 4) is 11.5 Å². The second-order valence-electron chi connectivity index (χ2n) is 8.69. The molecule has 0 saturated heterocycles. The molecule has 5 nitrogen and oxygen atoms in total. The first-order valence-electron chi connectivity index (χ1n) is 11.5. The van der Waals surface area contributed by atoms with E-state index in [2.05, 4.69) is 52.7 Å². The number of hydrogen-bond acceptors (Lipinski definition) is 5. The zero-order valence-corrected chi connectivity index (χ0v) is 20.1. The van der Waals surface area contributed by atoms with Crippen LogP contribution in [0.4, 0.5) is 0 Å². The van der Waals surface area contributed by atoms with Gasteiger partial charge in [0.15, 0.2) is 11.5 Å². The average Bonchev–Trinajstić information content (AvgIpc) is 3.34. The first kappa shape index (κ1) is 22.0. The molecule has 1 aromatic heterocycles. The lowest BCUT2D eigenvalue weighted by Crippen LogP contribution is -2.40. The molecule has 0 radical (unpaired) electrons. The highest BCUT2D eigenvalue weighted by molar-refractivity contribution is 7.10. The number of benzene rings is 2. The molecule has 0 fully saturated rings. The molecular weight excluding hydrogens is 432 g/mol. The third kappa shape index (κ3) is 4.37. The number of nitrogens with zero attached hydrogens (tertiary/aromatic N) is 2. The molecule has 0 spiro atoms. The highest BCUT2D eigenvalue weighted by atomic mass is 32.1. The van der Waals surface area contributed by atoms with E-state index < -0.39 is 0 Å². The van der Waals surface area contributed by atoms with Crippen LogP contribution >= 0.6 is 11.3 Å². The Hall–Kier alpha value is -2.83. The number of fused-ring (bicyclic) bond motifs is 2. The van der Waals surface area contributed by atoms with Gasteiger partial charge in [-0.3, -0.25) is 9.69 Å². The molecular formula is C27H30N2O3S. The lowest BCUT2D eigenvalue weighted by atomic mass is 9.87. The molecule has 3 aromatic rings. The fourth-order valence-electron chi connectivity index (χ4n) is 5.12. The fourth-order valence-corrected chi connectivity index (χ4v) is 6.01. The van der Waals surface area contributed by atoms with Gasteiger partial charge < -0.3 is 14.4 Å². The topological polar surface area (TPSA) is 42.0 Å². The zero-order valence-electron chi connectivity index (χ0n) is 19.3. The van der Waals surface area contributed by atoms with Gasteiger partial charge in [0.2, 0.25) is 5.91 Å². The van der Waals surface area contributed by atoms with E-state index in [9.17, 15) is 4.79 Å².